The Morgan fingerprint density at radius 1 is 0.907 bits per heavy atom. The summed E-state index contributed by atoms with van der Waals surface area (Å²) < 4.78 is 23.6. The third-order valence-corrected chi connectivity index (χ3v) is 12.0. The molecule has 3 atom stereocenters. The molecule has 1 heterocycles. The fourth-order valence-electron chi connectivity index (χ4n) is 4.29. The highest BCUT2D eigenvalue weighted by Gasteiger charge is 2.52. The molecule has 3 rings (SSSR count). The zero-order valence-electron chi connectivity index (χ0n) is 25.7. The molecule has 13 nitrogen and oxygen atoms in total. The Morgan fingerprint density at radius 3 is 1.88 bits per heavy atom. The number of nitrogens with zero attached hydrogens (tertiary/aromatic N) is 3. The predicted octanol–water partition coefficient (Wildman–Crippen LogP) is 6.64. The van der Waals surface area contributed by atoms with E-state index in [1.165, 1.54) is 41.3 Å². The molecular weight excluding hydrogens is 578 g/mol. The van der Waals surface area contributed by atoms with Gasteiger partial charge in [0.1, 0.15) is 17.5 Å². The molecule has 14 heteroatoms. The molecule has 0 spiro atoms. The van der Waals surface area contributed by atoms with Crippen LogP contribution < -0.4 is 4.74 Å². The molecule has 1 saturated heterocycles. The van der Waals surface area contributed by atoms with Crippen molar-refractivity contribution in [3.63, 3.8) is 0 Å². The van der Waals surface area contributed by atoms with Crippen LogP contribution in [0.25, 0.3) is 0 Å². The highest BCUT2D eigenvalue weighted by molar-refractivity contribution is 6.74. The van der Waals surface area contributed by atoms with E-state index < -0.39 is 54.3 Å². The normalized spacial score (nSPS) is 19.1. The summed E-state index contributed by atoms with van der Waals surface area (Å²) in [5.41, 5.74) is -0.402. The average Bonchev–Trinajstić information content (AvgIpc) is 3.18. The average molecular weight is 618 g/mol. The molecule has 2 aromatic rings. The van der Waals surface area contributed by atoms with Crippen molar-refractivity contribution in [1.29, 1.82) is 0 Å². The molecule has 234 valence electrons. The summed E-state index contributed by atoms with van der Waals surface area (Å²) >= 11 is 0. The van der Waals surface area contributed by atoms with E-state index in [1.54, 1.807) is 32.9 Å². The monoisotopic (exact) mass is 617 g/mol. The second-order valence-corrected chi connectivity index (χ2v) is 17.7. The molecule has 0 aromatic heterocycles. The van der Waals surface area contributed by atoms with Crippen molar-refractivity contribution in [2.45, 2.75) is 89.9 Å². The number of amides is 1. The van der Waals surface area contributed by atoms with Gasteiger partial charge in [-0.3, -0.25) is 25.1 Å². The van der Waals surface area contributed by atoms with Crippen LogP contribution in [-0.2, 0) is 20.3 Å². The van der Waals surface area contributed by atoms with Crippen molar-refractivity contribution in [2.24, 2.45) is 0 Å². The highest BCUT2D eigenvalue weighted by Crippen LogP contribution is 2.40. The quantitative estimate of drug-likeness (QED) is 0.103. The summed E-state index contributed by atoms with van der Waals surface area (Å²) in [6.45, 7) is 15.6. The zero-order valence-corrected chi connectivity index (χ0v) is 26.7. The lowest BCUT2D eigenvalue weighted by Gasteiger charge is -2.39. The molecule has 0 saturated carbocycles. The van der Waals surface area contributed by atoms with Crippen molar-refractivity contribution in [2.75, 3.05) is 6.54 Å². The summed E-state index contributed by atoms with van der Waals surface area (Å²) in [5.74, 6) is 0.0337. The van der Waals surface area contributed by atoms with Gasteiger partial charge >= 0.3 is 12.2 Å². The Labute approximate surface area is 251 Å². The molecule has 1 aliphatic rings. The molecule has 0 N–H and O–H groups in total. The van der Waals surface area contributed by atoms with E-state index in [2.05, 4.69) is 20.8 Å². The first-order valence-corrected chi connectivity index (χ1v) is 16.7. The largest absolute Gasteiger partial charge is 0.514 e. The standard InChI is InChI=1S/C29H39N3O10Si/c1-28(2,3)41-26(33)30-18-24(42-43(7,8)29(4,5)6)25(23(30)17-19-9-11-20(12-10-19)31(35)36)40-27(34)39-22-15-13-21(14-16-22)32(37)38/h9-16,23-25H,17-18H2,1-8H3/t23-,24+,25+/m1/s1. The van der Waals surface area contributed by atoms with Gasteiger partial charge in [0.25, 0.3) is 11.4 Å². The van der Waals surface area contributed by atoms with E-state index in [9.17, 15) is 29.8 Å². The van der Waals surface area contributed by atoms with Crippen LogP contribution >= 0.6 is 0 Å². The lowest BCUT2D eigenvalue weighted by atomic mass is 10.0. The van der Waals surface area contributed by atoms with E-state index in [0.29, 0.717) is 5.56 Å². The van der Waals surface area contributed by atoms with Crippen LogP contribution in [0, 0.1) is 20.2 Å². The number of nitro benzene ring substituents is 2. The topological polar surface area (TPSA) is 161 Å². The van der Waals surface area contributed by atoms with Gasteiger partial charge in [0.2, 0.25) is 0 Å². The van der Waals surface area contributed by atoms with E-state index in [-0.39, 0.29) is 35.1 Å². The van der Waals surface area contributed by atoms with Gasteiger partial charge in [-0.25, -0.2) is 9.59 Å². The van der Waals surface area contributed by atoms with Crippen molar-refractivity contribution >= 4 is 31.9 Å². The third kappa shape index (κ3) is 8.73. The second-order valence-electron chi connectivity index (χ2n) is 12.9. The number of hydrogen-bond donors (Lipinski definition) is 0. The lowest BCUT2D eigenvalue weighted by molar-refractivity contribution is -0.385. The number of rotatable bonds is 8. The van der Waals surface area contributed by atoms with E-state index in [1.807, 2.05) is 13.1 Å². The first-order chi connectivity index (χ1) is 19.8. The van der Waals surface area contributed by atoms with Crippen LogP contribution in [0.2, 0.25) is 18.1 Å². The molecule has 0 radical (unpaired) electrons. The van der Waals surface area contributed by atoms with Gasteiger partial charge in [-0.1, -0.05) is 32.9 Å². The van der Waals surface area contributed by atoms with Gasteiger partial charge in [-0.05, 0) is 63.0 Å². The zero-order chi connectivity index (χ0) is 32.3. The Bertz CT molecular complexity index is 1330. The van der Waals surface area contributed by atoms with Crippen LogP contribution in [0.15, 0.2) is 48.5 Å². The van der Waals surface area contributed by atoms with Gasteiger partial charge in [0.05, 0.1) is 22.4 Å². The number of benzene rings is 2. The first-order valence-electron chi connectivity index (χ1n) is 13.8. The highest BCUT2D eigenvalue weighted by atomic mass is 28.4. The second kappa shape index (κ2) is 12.7. The van der Waals surface area contributed by atoms with Crippen LogP contribution in [0.5, 0.6) is 5.75 Å². The maximum atomic E-state index is 13.5. The SMILES string of the molecule is CC(C)(C)OC(=O)N1C[C@H](O[Si](C)(C)C(C)(C)C)[C@@H](OC(=O)Oc2ccc([N+](=O)[O-])cc2)[C@H]1Cc1ccc([N+](=O)[O-])cc1. The van der Waals surface area contributed by atoms with Gasteiger partial charge in [-0.15, -0.1) is 0 Å². The van der Waals surface area contributed by atoms with Crippen LogP contribution in [-0.4, -0.2) is 65.7 Å². The summed E-state index contributed by atoms with van der Waals surface area (Å²) in [5, 5.41) is 22.0. The van der Waals surface area contributed by atoms with Crippen molar-refractivity contribution in [1.82, 2.24) is 4.90 Å². The minimum Gasteiger partial charge on any atom is -0.444 e. The maximum absolute atomic E-state index is 13.5. The number of carbonyl (C=O) groups excluding carboxylic acids is 2. The fraction of sp³-hybridized carbons (Fsp3) is 0.517. The Morgan fingerprint density at radius 2 is 1.42 bits per heavy atom. The fourth-order valence-corrected chi connectivity index (χ4v) is 5.61. The molecule has 0 aliphatic carbocycles. The first kappa shape index (κ1) is 33.5. The summed E-state index contributed by atoms with van der Waals surface area (Å²) in [4.78, 5) is 49.1. The molecule has 0 bridgehead atoms. The van der Waals surface area contributed by atoms with Gasteiger partial charge in [-0.2, -0.15) is 0 Å². The molecule has 1 aliphatic heterocycles. The number of ether oxygens (including phenoxy) is 3. The van der Waals surface area contributed by atoms with Crippen molar-refractivity contribution < 1.29 is 38.1 Å². The molecule has 43 heavy (non-hydrogen) atoms. The number of likely N-dealkylation sites (tertiary alicyclic amines) is 1. The minimum absolute atomic E-state index is 0.0337. The van der Waals surface area contributed by atoms with Gasteiger partial charge < -0.3 is 18.6 Å². The smallest absolute Gasteiger partial charge is 0.444 e. The van der Waals surface area contributed by atoms with Gasteiger partial charge in [0.15, 0.2) is 14.4 Å². The van der Waals surface area contributed by atoms with Crippen LogP contribution in [0.1, 0.15) is 47.1 Å². The van der Waals surface area contributed by atoms with Crippen LogP contribution in [0.4, 0.5) is 21.0 Å². The summed E-state index contributed by atoms with van der Waals surface area (Å²) in [6.07, 6.45) is -3.27. The van der Waals surface area contributed by atoms with Crippen molar-refractivity contribution in [3.8, 4) is 5.75 Å². The molecule has 0 unspecified atom stereocenters. The summed E-state index contributed by atoms with van der Waals surface area (Å²) in [7, 11) is -2.46. The number of carbonyl (C=O) groups is 2. The molecular formula is C29H39N3O10Si. The lowest BCUT2D eigenvalue weighted by Crippen LogP contribution is -2.49. The Hall–Kier alpha value is -4.04. The van der Waals surface area contributed by atoms with E-state index in [0.717, 1.165) is 0 Å². The molecule has 1 fully saturated rings. The molecule has 1 amide bonds. The third-order valence-electron chi connectivity index (χ3n) is 7.48. The number of hydrogen-bond acceptors (Lipinski definition) is 10. The van der Waals surface area contributed by atoms with Crippen LogP contribution in [0.3, 0.4) is 0 Å². The maximum Gasteiger partial charge on any atom is 0.514 e. The predicted molar refractivity (Wildman–Crippen MR) is 160 cm³/mol. The van der Waals surface area contributed by atoms with E-state index >= 15 is 0 Å². The van der Waals surface area contributed by atoms with Crippen molar-refractivity contribution in [3.05, 3.63) is 74.3 Å². The number of nitro groups is 2. The Kier molecular flexibility index (Phi) is 9.86. The van der Waals surface area contributed by atoms with E-state index in [4.69, 9.17) is 18.6 Å². The van der Waals surface area contributed by atoms with Gasteiger partial charge in [0, 0.05) is 24.3 Å². The number of non-ortho nitro benzene ring substituents is 2. The minimum atomic E-state index is -2.46. The molecule has 2 aromatic carbocycles. The Balaban J connectivity index is 1.99. The summed E-state index contributed by atoms with van der Waals surface area (Å²) in [6, 6.07) is 10.1.